The maximum absolute atomic E-state index is 11.8. The molecule has 0 fully saturated rings. The summed E-state index contributed by atoms with van der Waals surface area (Å²) in [6.45, 7) is 0. The summed E-state index contributed by atoms with van der Waals surface area (Å²) >= 11 is 13.1. The van der Waals surface area contributed by atoms with Crippen molar-refractivity contribution in [2.45, 2.75) is 0 Å². The van der Waals surface area contributed by atoms with E-state index in [1.54, 1.807) is 18.2 Å². The molecule has 1 aromatic carbocycles. The van der Waals surface area contributed by atoms with Gasteiger partial charge < -0.3 is 5.32 Å². The first-order chi connectivity index (χ1) is 7.66. The topological polar surface area (TPSA) is 29.1 Å². The minimum Gasteiger partial charge on any atom is -0.321 e. The Kier molecular flexibility index (Phi) is 3.49. The number of nitrogens with one attached hydrogen (secondary N) is 1. The Hall–Kier alpha value is -1.03. The second-order valence-electron chi connectivity index (χ2n) is 3.10. The normalized spacial score (nSPS) is 10.1. The summed E-state index contributed by atoms with van der Waals surface area (Å²) in [6, 6.07) is 6.62. The highest BCUT2D eigenvalue weighted by molar-refractivity contribution is 7.08. The molecule has 16 heavy (non-hydrogen) atoms. The van der Waals surface area contributed by atoms with Gasteiger partial charge >= 0.3 is 0 Å². The van der Waals surface area contributed by atoms with Gasteiger partial charge in [0.2, 0.25) is 0 Å². The van der Waals surface area contributed by atoms with Crippen LogP contribution in [0.4, 0.5) is 5.69 Å². The van der Waals surface area contributed by atoms with Gasteiger partial charge in [-0.3, -0.25) is 4.79 Å². The van der Waals surface area contributed by atoms with Crippen LogP contribution in [0.1, 0.15) is 10.4 Å². The van der Waals surface area contributed by atoms with E-state index >= 15 is 0 Å². The zero-order valence-corrected chi connectivity index (χ0v) is 10.4. The molecule has 2 rings (SSSR count). The van der Waals surface area contributed by atoms with Crippen molar-refractivity contribution in [1.29, 1.82) is 0 Å². The lowest BCUT2D eigenvalue weighted by molar-refractivity contribution is 0.102. The van der Waals surface area contributed by atoms with Crippen LogP contribution in [0.25, 0.3) is 0 Å². The molecule has 0 spiro atoms. The van der Waals surface area contributed by atoms with E-state index in [-0.39, 0.29) is 5.91 Å². The van der Waals surface area contributed by atoms with Gasteiger partial charge in [-0.05, 0) is 29.6 Å². The number of carbonyl (C=O) groups is 1. The van der Waals surface area contributed by atoms with Crippen LogP contribution in [-0.4, -0.2) is 5.91 Å². The zero-order valence-electron chi connectivity index (χ0n) is 8.04. The van der Waals surface area contributed by atoms with Crippen molar-refractivity contribution in [3.05, 3.63) is 50.6 Å². The van der Waals surface area contributed by atoms with Gasteiger partial charge in [0.25, 0.3) is 5.91 Å². The fraction of sp³-hybridized carbons (Fsp3) is 0. The number of carbonyl (C=O) groups excluding carboxylic acids is 1. The van der Waals surface area contributed by atoms with Crippen molar-refractivity contribution in [3.63, 3.8) is 0 Å². The average molecular weight is 272 g/mol. The first-order valence-electron chi connectivity index (χ1n) is 4.45. The molecule has 1 amide bonds. The van der Waals surface area contributed by atoms with Crippen molar-refractivity contribution >= 4 is 46.1 Å². The van der Waals surface area contributed by atoms with E-state index in [0.717, 1.165) is 5.69 Å². The molecule has 1 N–H and O–H groups in total. The fourth-order valence-electron chi connectivity index (χ4n) is 1.18. The SMILES string of the molecule is O=C(Nc1ccsc1)c1ccc(Cl)c(Cl)c1. The summed E-state index contributed by atoms with van der Waals surface area (Å²) in [4.78, 5) is 11.8. The van der Waals surface area contributed by atoms with Crippen molar-refractivity contribution in [2.24, 2.45) is 0 Å². The number of thiophene rings is 1. The smallest absolute Gasteiger partial charge is 0.255 e. The summed E-state index contributed by atoms with van der Waals surface area (Å²) in [7, 11) is 0. The minimum atomic E-state index is -0.197. The third-order valence-corrected chi connectivity index (χ3v) is 3.38. The molecule has 82 valence electrons. The van der Waals surface area contributed by atoms with E-state index < -0.39 is 0 Å². The van der Waals surface area contributed by atoms with Gasteiger partial charge in [0.05, 0.1) is 15.7 Å². The van der Waals surface area contributed by atoms with Gasteiger partial charge in [-0.2, -0.15) is 11.3 Å². The molecule has 5 heteroatoms. The Labute approximate surface area is 107 Å². The Morgan fingerprint density at radius 3 is 2.62 bits per heavy atom. The molecule has 2 aromatic rings. The maximum atomic E-state index is 11.8. The Morgan fingerprint density at radius 2 is 2.00 bits per heavy atom. The molecule has 0 unspecified atom stereocenters. The van der Waals surface area contributed by atoms with Crippen LogP contribution >= 0.6 is 34.5 Å². The van der Waals surface area contributed by atoms with Crippen LogP contribution in [-0.2, 0) is 0 Å². The van der Waals surface area contributed by atoms with E-state index in [1.807, 2.05) is 16.8 Å². The van der Waals surface area contributed by atoms with Crippen LogP contribution in [0.3, 0.4) is 0 Å². The monoisotopic (exact) mass is 271 g/mol. The highest BCUT2D eigenvalue weighted by Crippen LogP contribution is 2.23. The van der Waals surface area contributed by atoms with Crippen LogP contribution in [0.15, 0.2) is 35.0 Å². The Balaban J connectivity index is 2.18. The van der Waals surface area contributed by atoms with E-state index in [9.17, 15) is 4.79 Å². The highest BCUT2D eigenvalue weighted by Gasteiger charge is 2.08. The lowest BCUT2D eigenvalue weighted by Gasteiger charge is -2.03. The molecule has 0 radical (unpaired) electrons. The van der Waals surface area contributed by atoms with E-state index in [1.165, 1.54) is 11.3 Å². The average Bonchev–Trinajstić information content (AvgIpc) is 2.74. The predicted molar refractivity (Wildman–Crippen MR) is 68.7 cm³/mol. The number of anilines is 1. The first kappa shape index (κ1) is 11.5. The summed E-state index contributed by atoms with van der Waals surface area (Å²) in [5, 5.41) is 7.32. The van der Waals surface area contributed by atoms with Crippen molar-refractivity contribution in [1.82, 2.24) is 0 Å². The Bertz CT molecular complexity index is 511. The van der Waals surface area contributed by atoms with Gasteiger partial charge in [0.15, 0.2) is 0 Å². The number of benzene rings is 1. The molecule has 2 nitrogen and oxygen atoms in total. The molecule has 0 saturated heterocycles. The molecule has 1 heterocycles. The summed E-state index contributed by atoms with van der Waals surface area (Å²) in [5.74, 6) is -0.197. The quantitative estimate of drug-likeness (QED) is 0.867. The lowest BCUT2D eigenvalue weighted by Crippen LogP contribution is -2.11. The van der Waals surface area contributed by atoms with Gasteiger partial charge in [-0.1, -0.05) is 23.2 Å². The molecule has 1 aromatic heterocycles. The summed E-state index contributed by atoms with van der Waals surface area (Å²) < 4.78 is 0. The van der Waals surface area contributed by atoms with Gasteiger partial charge in [0.1, 0.15) is 0 Å². The molecular weight excluding hydrogens is 265 g/mol. The predicted octanol–water partition coefficient (Wildman–Crippen LogP) is 4.31. The van der Waals surface area contributed by atoms with Crippen molar-refractivity contribution < 1.29 is 4.79 Å². The van der Waals surface area contributed by atoms with Gasteiger partial charge in [-0.25, -0.2) is 0 Å². The van der Waals surface area contributed by atoms with Crippen molar-refractivity contribution in [2.75, 3.05) is 5.32 Å². The number of halogens is 2. The molecule has 0 bridgehead atoms. The molecule has 0 aliphatic carbocycles. The zero-order chi connectivity index (χ0) is 11.5. The lowest BCUT2D eigenvalue weighted by atomic mass is 10.2. The minimum absolute atomic E-state index is 0.197. The molecule has 0 saturated carbocycles. The fourth-order valence-corrected chi connectivity index (χ4v) is 2.06. The molecule has 0 aliphatic rings. The number of hydrogen-bond donors (Lipinski definition) is 1. The van der Waals surface area contributed by atoms with E-state index in [2.05, 4.69) is 5.32 Å². The third kappa shape index (κ3) is 2.55. The van der Waals surface area contributed by atoms with Crippen molar-refractivity contribution in [3.8, 4) is 0 Å². The summed E-state index contributed by atoms with van der Waals surface area (Å²) in [6.07, 6.45) is 0. The van der Waals surface area contributed by atoms with Gasteiger partial charge in [-0.15, -0.1) is 0 Å². The first-order valence-corrected chi connectivity index (χ1v) is 6.15. The number of rotatable bonds is 2. The second kappa shape index (κ2) is 4.87. The van der Waals surface area contributed by atoms with E-state index in [4.69, 9.17) is 23.2 Å². The second-order valence-corrected chi connectivity index (χ2v) is 4.69. The molecule has 0 atom stereocenters. The maximum Gasteiger partial charge on any atom is 0.255 e. The van der Waals surface area contributed by atoms with Crippen LogP contribution in [0.2, 0.25) is 10.0 Å². The van der Waals surface area contributed by atoms with Crippen LogP contribution in [0, 0.1) is 0 Å². The van der Waals surface area contributed by atoms with Crippen LogP contribution in [0.5, 0.6) is 0 Å². The van der Waals surface area contributed by atoms with E-state index in [0.29, 0.717) is 15.6 Å². The number of amides is 1. The molecular formula is C11H7Cl2NOS. The largest absolute Gasteiger partial charge is 0.321 e. The Morgan fingerprint density at radius 1 is 1.19 bits per heavy atom. The standard InChI is InChI=1S/C11H7Cl2NOS/c12-9-2-1-7(5-10(9)13)11(15)14-8-3-4-16-6-8/h1-6H,(H,14,15). The third-order valence-electron chi connectivity index (χ3n) is 1.96. The number of hydrogen-bond acceptors (Lipinski definition) is 2. The molecule has 0 aliphatic heterocycles. The highest BCUT2D eigenvalue weighted by atomic mass is 35.5. The van der Waals surface area contributed by atoms with Crippen LogP contribution < -0.4 is 5.32 Å². The summed E-state index contributed by atoms with van der Waals surface area (Å²) in [5.41, 5.74) is 1.27. The van der Waals surface area contributed by atoms with Gasteiger partial charge in [0, 0.05) is 10.9 Å².